The van der Waals surface area contributed by atoms with Crippen LogP contribution in [0.25, 0.3) is 42.9 Å². The fourth-order valence-corrected chi connectivity index (χ4v) is 7.69. The highest BCUT2D eigenvalue weighted by atomic mass is 35.5. The number of nitrogen functional groups attached to an aromatic ring is 2. The van der Waals surface area contributed by atoms with Crippen LogP contribution in [0.5, 0.6) is 0 Å². The number of hydrogen-bond donors (Lipinski definition) is 6. The van der Waals surface area contributed by atoms with Gasteiger partial charge in [0, 0.05) is 31.5 Å². The molecule has 0 aliphatic carbocycles. The van der Waals surface area contributed by atoms with Gasteiger partial charge in [0.2, 0.25) is 11.9 Å². The fourth-order valence-electron chi connectivity index (χ4n) is 5.11. The van der Waals surface area contributed by atoms with Crippen molar-refractivity contribution < 1.29 is 19.8 Å². The summed E-state index contributed by atoms with van der Waals surface area (Å²) in [4.78, 5) is 43.9. The topological polar surface area (TPSA) is 202 Å². The Morgan fingerprint density at radius 2 is 1.23 bits per heavy atom. The molecule has 4 aromatic heterocycles. The van der Waals surface area contributed by atoms with Crippen molar-refractivity contribution in [3.05, 3.63) is 66.2 Å². The van der Waals surface area contributed by atoms with E-state index in [9.17, 15) is 19.8 Å². The lowest BCUT2D eigenvalue weighted by atomic mass is 10.1. The first-order valence-corrected chi connectivity index (χ1v) is 19.2. The molecule has 12 nitrogen and oxygen atoms in total. The van der Waals surface area contributed by atoms with Crippen LogP contribution in [-0.4, -0.2) is 67.0 Å². The molecule has 0 bridgehead atoms. The molecule has 0 saturated heterocycles. The summed E-state index contributed by atoms with van der Waals surface area (Å²) < 4.78 is 0. The average Bonchev–Trinajstić information content (AvgIpc) is 3.64. The smallest absolute Gasteiger partial charge is 0.224 e. The molecule has 2 aromatic carbocycles. The number of nitrogens with two attached hydrogens (primary N) is 2. The number of aromatic nitrogens is 4. The Labute approximate surface area is 332 Å². The largest absolute Gasteiger partial charge is 0.397 e. The Kier molecular flexibility index (Phi) is 13.0. The maximum absolute atomic E-state index is 11.9. The summed E-state index contributed by atoms with van der Waals surface area (Å²) in [5.41, 5.74) is 15.6. The van der Waals surface area contributed by atoms with E-state index < -0.39 is 6.10 Å². The lowest BCUT2D eigenvalue weighted by molar-refractivity contribution is 0.101. The molecule has 0 amide bonds. The lowest BCUT2D eigenvalue weighted by Gasteiger charge is -2.15. The molecule has 278 valence electrons. The van der Waals surface area contributed by atoms with Crippen molar-refractivity contribution in [3.63, 3.8) is 0 Å². The van der Waals surface area contributed by atoms with E-state index in [2.05, 4.69) is 30.6 Å². The molecule has 4 heterocycles. The van der Waals surface area contributed by atoms with Crippen LogP contribution in [0.4, 0.5) is 23.3 Å². The molecule has 8 N–H and O–H groups in total. The first-order chi connectivity index (χ1) is 25.1. The fraction of sp³-hybridized carbons (Fsp3) is 0.257. The van der Waals surface area contributed by atoms with Crippen LogP contribution in [0.2, 0.25) is 20.1 Å². The third-order valence-electron chi connectivity index (χ3n) is 7.80. The monoisotopic (exact) mass is 834 g/mol. The summed E-state index contributed by atoms with van der Waals surface area (Å²) in [6.45, 7) is 6.76. The lowest BCUT2D eigenvalue weighted by Crippen LogP contribution is -2.24. The molecule has 0 aliphatic rings. The van der Waals surface area contributed by atoms with Gasteiger partial charge in [-0.25, -0.2) is 19.9 Å². The van der Waals surface area contributed by atoms with Crippen molar-refractivity contribution in [3.8, 4) is 22.5 Å². The molecule has 0 fully saturated rings. The minimum atomic E-state index is -0.566. The number of halogens is 4. The quantitative estimate of drug-likeness (QED) is 0.0678. The number of carbonyl (C=O) groups is 2. The van der Waals surface area contributed by atoms with Gasteiger partial charge in [0.25, 0.3) is 0 Å². The van der Waals surface area contributed by atoms with Crippen LogP contribution in [0.3, 0.4) is 0 Å². The Bertz CT molecular complexity index is 2350. The Morgan fingerprint density at radius 1 is 0.774 bits per heavy atom. The first kappa shape index (κ1) is 40.3. The van der Waals surface area contributed by atoms with E-state index in [1.807, 2.05) is 6.92 Å². The third-order valence-corrected chi connectivity index (χ3v) is 11.7. The van der Waals surface area contributed by atoms with Crippen LogP contribution in [0.1, 0.15) is 53.5 Å². The number of benzene rings is 2. The molecule has 53 heavy (non-hydrogen) atoms. The number of anilines is 4. The second kappa shape index (κ2) is 17.1. The average molecular weight is 837 g/mol. The van der Waals surface area contributed by atoms with Crippen LogP contribution >= 0.6 is 69.1 Å². The normalized spacial score (nSPS) is 12.3. The van der Waals surface area contributed by atoms with Crippen molar-refractivity contribution in [1.29, 1.82) is 0 Å². The number of nitrogens with one attached hydrogen (secondary N) is 2. The van der Waals surface area contributed by atoms with Gasteiger partial charge < -0.3 is 32.3 Å². The van der Waals surface area contributed by atoms with Crippen LogP contribution in [-0.2, 0) is 0 Å². The number of aliphatic hydroxyl groups excluding tert-OH is 2. The predicted octanol–water partition coefficient (Wildman–Crippen LogP) is 8.88. The summed E-state index contributed by atoms with van der Waals surface area (Å²) in [5.74, 6) is 0.410. The minimum Gasteiger partial charge on any atom is -0.397 e. The number of aliphatic hydroxyl groups is 2. The number of rotatable bonds is 11. The molecular formula is C35H34Cl4N8O4S2. The number of fused-ring (bicyclic) bond motifs is 2. The first-order valence-electron chi connectivity index (χ1n) is 16.0. The van der Waals surface area contributed by atoms with Crippen molar-refractivity contribution >= 4 is 124 Å². The summed E-state index contributed by atoms with van der Waals surface area (Å²) in [7, 11) is 0. The highest BCUT2D eigenvalue weighted by molar-refractivity contribution is 7.21. The van der Waals surface area contributed by atoms with Gasteiger partial charge in [-0.05, 0) is 37.6 Å². The maximum Gasteiger partial charge on any atom is 0.224 e. The highest BCUT2D eigenvalue weighted by Gasteiger charge is 2.23. The minimum absolute atomic E-state index is 0.0503. The van der Waals surface area contributed by atoms with Gasteiger partial charge in [0.05, 0.1) is 82.1 Å². The standard InChI is InChI=1S/C18H18Cl2N4O2S.C17H16Cl2N4O2S/c1-3-10(7-25)22-18-23-15(9-4-5-11(19)12(20)6-9)13-14(21)16(8(2)26)27-17(13)24-18;1-7(24)6-21-17-22-14(9-3-4-10(18)11(19)5-9)12-13(20)15(8(2)25)26-16(12)23-17/h4-6,10,25H,3,7,21H2,1-2H3,(H,22,23,24);3-5,7,24H,6,20H2,1-2H3,(H,21,22,23)/t10-;7-/m01/s1. The summed E-state index contributed by atoms with van der Waals surface area (Å²) >= 11 is 26.8. The van der Waals surface area contributed by atoms with Crippen LogP contribution in [0.15, 0.2) is 36.4 Å². The van der Waals surface area contributed by atoms with Crippen molar-refractivity contribution in [2.45, 2.75) is 46.3 Å². The molecule has 2 atom stereocenters. The summed E-state index contributed by atoms with van der Waals surface area (Å²) in [5, 5.41) is 27.9. The van der Waals surface area contributed by atoms with Gasteiger partial charge in [-0.1, -0.05) is 65.5 Å². The van der Waals surface area contributed by atoms with Gasteiger partial charge >= 0.3 is 0 Å². The van der Waals surface area contributed by atoms with Crippen molar-refractivity contribution in [1.82, 2.24) is 19.9 Å². The zero-order chi connectivity index (χ0) is 38.7. The van der Waals surface area contributed by atoms with Crippen molar-refractivity contribution in [2.24, 2.45) is 0 Å². The van der Waals surface area contributed by atoms with E-state index in [1.54, 1.807) is 43.3 Å². The maximum atomic E-state index is 11.9. The van der Waals surface area contributed by atoms with E-state index >= 15 is 0 Å². The second-order valence-corrected chi connectivity index (χ2v) is 15.5. The zero-order valence-electron chi connectivity index (χ0n) is 28.7. The molecule has 18 heteroatoms. The van der Waals surface area contributed by atoms with Crippen LogP contribution < -0.4 is 22.1 Å². The molecule has 0 spiro atoms. The molecule has 6 aromatic rings. The number of thiophene rings is 2. The Hall–Kier alpha value is -3.86. The Balaban J connectivity index is 0.000000204. The molecular weight excluding hydrogens is 802 g/mol. The van der Waals surface area contributed by atoms with E-state index in [-0.39, 0.29) is 30.8 Å². The number of ketones is 2. The zero-order valence-corrected chi connectivity index (χ0v) is 33.4. The van der Waals surface area contributed by atoms with Crippen LogP contribution in [0, 0.1) is 0 Å². The number of carbonyl (C=O) groups excluding carboxylic acids is 2. The predicted molar refractivity (Wildman–Crippen MR) is 220 cm³/mol. The van der Waals surface area contributed by atoms with Crippen molar-refractivity contribution in [2.75, 3.05) is 35.3 Å². The van der Waals surface area contributed by atoms with E-state index in [0.717, 1.165) is 0 Å². The summed E-state index contributed by atoms with van der Waals surface area (Å²) in [6, 6.07) is 10.1. The summed E-state index contributed by atoms with van der Waals surface area (Å²) in [6.07, 6.45) is 0.134. The van der Waals surface area contributed by atoms with E-state index in [0.29, 0.717) is 102 Å². The van der Waals surface area contributed by atoms with E-state index in [4.69, 9.17) is 57.9 Å². The molecule has 0 radical (unpaired) electrons. The van der Waals surface area contributed by atoms with Gasteiger partial charge in [-0.15, -0.1) is 22.7 Å². The van der Waals surface area contributed by atoms with Gasteiger partial charge in [-0.2, -0.15) is 0 Å². The number of Topliss-reactive ketones (excluding diaryl/α,β-unsaturated/α-hetero) is 2. The van der Waals surface area contributed by atoms with Gasteiger partial charge in [0.1, 0.15) is 9.66 Å². The highest BCUT2D eigenvalue weighted by Crippen LogP contribution is 2.42. The van der Waals surface area contributed by atoms with E-state index in [1.165, 1.54) is 36.5 Å². The van der Waals surface area contributed by atoms with Gasteiger partial charge in [-0.3, -0.25) is 9.59 Å². The second-order valence-electron chi connectivity index (χ2n) is 11.9. The molecule has 0 unspecified atom stereocenters. The number of hydrogen-bond acceptors (Lipinski definition) is 14. The third kappa shape index (κ3) is 8.93. The Morgan fingerprint density at radius 3 is 1.62 bits per heavy atom. The molecule has 6 rings (SSSR count). The molecule has 0 saturated carbocycles. The molecule has 0 aliphatic heterocycles. The van der Waals surface area contributed by atoms with Gasteiger partial charge in [0.15, 0.2) is 11.6 Å². The SMILES string of the molecule is CC(=O)c1sc2nc(NC[C@@H](C)O)nc(-c3ccc(Cl)c(Cl)c3)c2c1N.CC[C@@H](CO)Nc1nc(-c2ccc(Cl)c(Cl)c2)c2c(N)c(C(C)=O)sc2n1. The number of nitrogens with zero attached hydrogens (tertiary/aromatic N) is 4.